The van der Waals surface area contributed by atoms with Crippen molar-refractivity contribution in [3.63, 3.8) is 0 Å². The summed E-state index contributed by atoms with van der Waals surface area (Å²) in [5.74, 6) is 0. The number of aromatic nitrogens is 2. The highest BCUT2D eigenvalue weighted by molar-refractivity contribution is 5.82. The molecule has 0 spiro atoms. The summed E-state index contributed by atoms with van der Waals surface area (Å²) in [5, 5.41) is 9.66. The predicted molar refractivity (Wildman–Crippen MR) is 89.9 cm³/mol. The minimum atomic E-state index is 0.527. The van der Waals surface area contributed by atoms with E-state index in [-0.39, 0.29) is 0 Å². The SMILES string of the molecule is Cc1ccc2c(c1)c(CNC1Cc3ccccc3C1)nn2C. The zero-order valence-corrected chi connectivity index (χ0v) is 13.1. The van der Waals surface area contributed by atoms with Crippen molar-refractivity contribution in [2.75, 3.05) is 0 Å². The first-order chi connectivity index (χ1) is 10.7. The van der Waals surface area contributed by atoms with Gasteiger partial charge in [0.1, 0.15) is 0 Å². The molecule has 1 heterocycles. The van der Waals surface area contributed by atoms with Crippen LogP contribution in [0.4, 0.5) is 0 Å². The van der Waals surface area contributed by atoms with Crippen molar-refractivity contribution < 1.29 is 0 Å². The fourth-order valence-corrected chi connectivity index (χ4v) is 3.53. The third-order valence-corrected chi connectivity index (χ3v) is 4.69. The van der Waals surface area contributed by atoms with E-state index in [1.54, 1.807) is 0 Å². The summed E-state index contributed by atoms with van der Waals surface area (Å²) in [7, 11) is 2.02. The van der Waals surface area contributed by atoms with E-state index in [1.807, 2.05) is 11.7 Å². The summed E-state index contributed by atoms with van der Waals surface area (Å²) in [5.41, 5.74) is 6.62. The molecule has 1 aromatic heterocycles. The summed E-state index contributed by atoms with van der Waals surface area (Å²) in [6.45, 7) is 2.97. The van der Waals surface area contributed by atoms with Gasteiger partial charge in [-0.2, -0.15) is 5.10 Å². The zero-order chi connectivity index (χ0) is 15.1. The zero-order valence-electron chi connectivity index (χ0n) is 13.1. The molecule has 0 bridgehead atoms. The second-order valence-electron chi connectivity index (χ2n) is 6.35. The van der Waals surface area contributed by atoms with Crippen molar-refractivity contribution in [1.82, 2.24) is 15.1 Å². The van der Waals surface area contributed by atoms with Crippen LogP contribution < -0.4 is 5.32 Å². The minimum absolute atomic E-state index is 0.527. The van der Waals surface area contributed by atoms with Gasteiger partial charge in [-0.05, 0) is 43.0 Å². The summed E-state index contributed by atoms with van der Waals surface area (Å²) in [4.78, 5) is 0. The number of hydrogen-bond donors (Lipinski definition) is 1. The van der Waals surface area contributed by atoms with Gasteiger partial charge in [0.15, 0.2) is 0 Å². The predicted octanol–water partition coefficient (Wildman–Crippen LogP) is 3.14. The Morgan fingerprint density at radius 2 is 1.86 bits per heavy atom. The molecule has 3 heteroatoms. The highest BCUT2D eigenvalue weighted by Crippen LogP contribution is 2.23. The van der Waals surface area contributed by atoms with Crippen LogP contribution in [0.1, 0.15) is 22.4 Å². The van der Waals surface area contributed by atoms with Gasteiger partial charge in [-0.3, -0.25) is 4.68 Å². The lowest BCUT2D eigenvalue weighted by atomic mass is 10.1. The van der Waals surface area contributed by atoms with Gasteiger partial charge in [-0.25, -0.2) is 0 Å². The normalized spacial score (nSPS) is 14.6. The van der Waals surface area contributed by atoms with Gasteiger partial charge in [-0.15, -0.1) is 0 Å². The van der Waals surface area contributed by atoms with Gasteiger partial charge >= 0.3 is 0 Å². The molecule has 3 nitrogen and oxygen atoms in total. The maximum atomic E-state index is 4.70. The Bertz CT molecular complexity index is 807. The van der Waals surface area contributed by atoms with Crippen LogP contribution in [0.2, 0.25) is 0 Å². The summed E-state index contributed by atoms with van der Waals surface area (Å²) in [6, 6.07) is 15.8. The molecule has 0 fully saturated rings. The Kier molecular flexibility index (Phi) is 3.23. The van der Waals surface area contributed by atoms with Crippen molar-refractivity contribution in [2.45, 2.75) is 32.4 Å². The van der Waals surface area contributed by atoms with Crippen molar-refractivity contribution in [1.29, 1.82) is 0 Å². The number of nitrogens with zero attached hydrogens (tertiary/aromatic N) is 2. The molecule has 0 unspecified atom stereocenters. The maximum Gasteiger partial charge on any atom is 0.0841 e. The van der Waals surface area contributed by atoms with Crippen LogP contribution in [0.25, 0.3) is 10.9 Å². The highest BCUT2D eigenvalue weighted by Gasteiger charge is 2.21. The fraction of sp³-hybridized carbons (Fsp3) is 0.316. The van der Waals surface area contributed by atoms with Crippen LogP contribution in [0.5, 0.6) is 0 Å². The van der Waals surface area contributed by atoms with Crippen molar-refractivity contribution in [2.24, 2.45) is 7.05 Å². The van der Waals surface area contributed by atoms with E-state index in [1.165, 1.54) is 27.6 Å². The van der Waals surface area contributed by atoms with E-state index < -0.39 is 0 Å². The van der Waals surface area contributed by atoms with Gasteiger partial charge in [0, 0.05) is 25.0 Å². The second kappa shape index (κ2) is 5.25. The van der Waals surface area contributed by atoms with Gasteiger partial charge in [0.25, 0.3) is 0 Å². The van der Waals surface area contributed by atoms with E-state index in [0.717, 1.165) is 25.1 Å². The molecule has 112 valence electrons. The lowest BCUT2D eigenvalue weighted by molar-refractivity contribution is 0.525. The van der Waals surface area contributed by atoms with Gasteiger partial charge in [-0.1, -0.05) is 35.9 Å². The van der Waals surface area contributed by atoms with E-state index >= 15 is 0 Å². The summed E-state index contributed by atoms with van der Waals surface area (Å²) < 4.78 is 1.98. The van der Waals surface area contributed by atoms with Crippen LogP contribution in [-0.4, -0.2) is 15.8 Å². The molecule has 22 heavy (non-hydrogen) atoms. The Morgan fingerprint density at radius 3 is 2.59 bits per heavy atom. The first kappa shape index (κ1) is 13.5. The highest BCUT2D eigenvalue weighted by atomic mass is 15.3. The topological polar surface area (TPSA) is 29.9 Å². The fourth-order valence-electron chi connectivity index (χ4n) is 3.53. The quantitative estimate of drug-likeness (QED) is 0.803. The molecule has 0 amide bonds. The Hall–Kier alpha value is -2.13. The lowest BCUT2D eigenvalue weighted by Gasteiger charge is -2.10. The molecule has 1 aliphatic carbocycles. The Balaban J connectivity index is 1.52. The lowest BCUT2D eigenvalue weighted by Crippen LogP contribution is -2.29. The van der Waals surface area contributed by atoms with Crippen LogP contribution in [-0.2, 0) is 26.4 Å². The van der Waals surface area contributed by atoms with E-state index in [2.05, 4.69) is 54.7 Å². The molecular formula is C19H21N3. The molecule has 4 rings (SSSR count). The van der Waals surface area contributed by atoms with Gasteiger partial charge in [0.2, 0.25) is 0 Å². The molecule has 3 aromatic rings. The molecule has 0 atom stereocenters. The number of nitrogens with one attached hydrogen (secondary N) is 1. The molecular weight excluding hydrogens is 270 g/mol. The van der Waals surface area contributed by atoms with Crippen LogP contribution >= 0.6 is 0 Å². The molecule has 0 saturated heterocycles. The average Bonchev–Trinajstić information content (AvgIpc) is 3.06. The summed E-state index contributed by atoms with van der Waals surface area (Å²) >= 11 is 0. The van der Waals surface area contributed by atoms with Gasteiger partial charge < -0.3 is 5.32 Å². The number of fused-ring (bicyclic) bond motifs is 2. The van der Waals surface area contributed by atoms with E-state index in [9.17, 15) is 0 Å². The maximum absolute atomic E-state index is 4.70. The standard InChI is InChI=1S/C19H21N3/c1-13-7-8-19-17(9-13)18(21-22(19)2)12-20-16-10-14-5-3-4-6-15(14)11-16/h3-9,16,20H,10-12H2,1-2H3. The molecule has 1 aliphatic rings. The van der Waals surface area contributed by atoms with Crippen molar-refractivity contribution in [3.8, 4) is 0 Å². The van der Waals surface area contributed by atoms with Crippen LogP contribution in [0.3, 0.4) is 0 Å². The summed E-state index contributed by atoms with van der Waals surface area (Å²) in [6.07, 6.45) is 2.25. The third kappa shape index (κ3) is 2.32. The average molecular weight is 291 g/mol. The number of benzene rings is 2. The molecule has 0 saturated carbocycles. The van der Waals surface area contributed by atoms with E-state index in [0.29, 0.717) is 6.04 Å². The monoisotopic (exact) mass is 291 g/mol. The molecule has 1 N–H and O–H groups in total. The van der Waals surface area contributed by atoms with Crippen LogP contribution in [0, 0.1) is 6.92 Å². The van der Waals surface area contributed by atoms with Crippen LogP contribution in [0.15, 0.2) is 42.5 Å². The second-order valence-corrected chi connectivity index (χ2v) is 6.35. The third-order valence-electron chi connectivity index (χ3n) is 4.69. The Labute approximate surface area is 131 Å². The first-order valence-corrected chi connectivity index (χ1v) is 7.93. The minimum Gasteiger partial charge on any atom is -0.308 e. The smallest absolute Gasteiger partial charge is 0.0841 e. The molecule has 2 aromatic carbocycles. The van der Waals surface area contributed by atoms with Crippen molar-refractivity contribution >= 4 is 10.9 Å². The Morgan fingerprint density at radius 1 is 1.14 bits per heavy atom. The molecule has 0 radical (unpaired) electrons. The van der Waals surface area contributed by atoms with E-state index in [4.69, 9.17) is 5.10 Å². The number of hydrogen-bond acceptors (Lipinski definition) is 2. The largest absolute Gasteiger partial charge is 0.308 e. The first-order valence-electron chi connectivity index (χ1n) is 7.93. The molecule has 0 aliphatic heterocycles. The number of aryl methyl sites for hydroxylation is 2. The number of rotatable bonds is 3. The van der Waals surface area contributed by atoms with Crippen molar-refractivity contribution in [3.05, 3.63) is 64.8 Å². The van der Waals surface area contributed by atoms with Gasteiger partial charge in [0.05, 0.1) is 11.2 Å².